The highest BCUT2D eigenvalue weighted by atomic mass is 16.6. The number of nitrogens with zero attached hydrogens (tertiary/aromatic N) is 6. The van der Waals surface area contributed by atoms with E-state index in [1.54, 1.807) is 41.6 Å². The molecular formula is C36H53BN6O7. The second-order valence-electron chi connectivity index (χ2n) is 14.5. The minimum Gasteiger partial charge on any atom is -0.458 e. The molecule has 4 rings (SSSR count). The molecular weight excluding hydrogens is 639 g/mol. The summed E-state index contributed by atoms with van der Waals surface area (Å²) in [4.78, 5) is 62.1. The quantitative estimate of drug-likeness (QED) is 0.168. The number of amides is 2. The third-order valence-corrected chi connectivity index (χ3v) is 10.8. The van der Waals surface area contributed by atoms with Gasteiger partial charge >= 0.3 is 12.1 Å². The molecule has 2 aliphatic heterocycles. The molecule has 50 heavy (non-hydrogen) atoms. The number of hydrogen-bond donors (Lipinski definition) is 0. The van der Waals surface area contributed by atoms with Crippen LogP contribution in [0.25, 0.3) is 11.4 Å². The maximum atomic E-state index is 13.7. The van der Waals surface area contributed by atoms with E-state index in [0.717, 1.165) is 5.69 Å². The van der Waals surface area contributed by atoms with Gasteiger partial charge in [0.2, 0.25) is 5.91 Å². The van der Waals surface area contributed by atoms with Gasteiger partial charge < -0.3 is 19.1 Å². The van der Waals surface area contributed by atoms with Crippen LogP contribution in [0.3, 0.4) is 0 Å². The summed E-state index contributed by atoms with van der Waals surface area (Å²) >= 11 is 0. The SMILES string of the molecule is [B][C@@H]1[C@@H](C)C(=O)[C@@H](C)C(=O)O[C@H](CC)[C@@]2(C)OC(=O)N(CCCCn3cc(-c4ccccn4)nn3)[C@@H]2[C@@H](C)N(C(C)=O)C[C@H](C)C[C@@]1(C)OC. The van der Waals surface area contributed by atoms with Crippen LogP contribution in [0.5, 0.6) is 0 Å². The van der Waals surface area contributed by atoms with Gasteiger partial charge in [-0.2, -0.15) is 0 Å². The molecule has 0 bridgehead atoms. The molecule has 9 atom stereocenters. The van der Waals surface area contributed by atoms with Crippen LogP contribution in [0.1, 0.15) is 81.1 Å². The summed E-state index contributed by atoms with van der Waals surface area (Å²) in [6.07, 6.45) is 4.14. The number of unbranched alkanes of at least 4 members (excludes halogenated alkanes) is 1. The largest absolute Gasteiger partial charge is 0.458 e. The summed E-state index contributed by atoms with van der Waals surface area (Å²) < 4.78 is 19.9. The second kappa shape index (κ2) is 16.0. The molecule has 2 fully saturated rings. The first-order valence-corrected chi connectivity index (χ1v) is 17.7. The van der Waals surface area contributed by atoms with Crippen LogP contribution in [-0.2, 0) is 35.1 Å². The molecule has 0 aromatic carbocycles. The number of aryl methyl sites for hydroxylation is 1. The van der Waals surface area contributed by atoms with Crippen LogP contribution in [0.2, 0.25) is 5.82 Å². The maximum absolute atomic E-state index is 13.7. The van der Waals surface area contributed by atoms with Gasteiger partial charge in [-0.15, -0.1) is 5.10 Å². The van der Waals surface area contributed by atoms with Crippen molar-refractivity contribution >= 4 is 31.6 Å². The first-order chi connectivity index (χ1) is 23.6. The molecule has 0 spiro atoms. The van der Waals surface area contributed by atoms with E-state index in [1.165, 1.54) is 13.8 Å². The maximum Gasteiger partial charge on any atom is 0.410 e. The summed E-state index contributed by atoms with van der Waals surface area (Å²) in [5, 5.41) is 8.47. The molecule has 2 aliphatic rings. The van der Waals surface area contributed by atoms with E-state index in [2.05, 4.69) is 15.3 Å². The minimum atomic E-state index is -1.33. The number of pyridine rings is 1. The van der Waals surface area contributed by atoms with Crippen molar-refractivity contribution in [3.63, 3.8) is 0 Å². The lowest BCUT2D eigenvalue weighted by Crippen LogP contribution is -2.62. The Hall–Kier alpha value is -3.81. The first-order valence-electron chi connectivity index (χ1n) is 17.7. The van der Waals surface area contributed by atoms with Crippen LogP contribution >= 0.6 is 0 Å². The number of rotatable bonds is 8. The van der Waals surface area contributed by atoms with Crippen LogP contribution in [0, 0.1) is 17.8 Å². The highest BCUT2D eigenvalue weighted by Gasteiger charge is 2.59. The standard InChI is InChI=1S/C36H53BN6O7/c1-10-29-36(8)32(42(34(47)50-36)18-14-13-17-41-21-28(39-40-41)27-15-11-12-16-38-27)25(5)43(26(6)44)20-22(2)19-35(7,48-9)31(37)23(3)30(45)24(4)33(46)49-29/h11-12,15-16,21-25,29,31-32H,10,13-14,17-20H2,1-9H3/t22-,23+,24-,25-,29-,31-,32-,35-,36-/m1/s1. The zero-order chi connectivity index (χ0) is 37.0. The van der Waals surface area contributed by atoms with Crippen molar-refractivity contribution < 1.29 is 33.4 Å². The fourth-order valence-corrected chi connectivity index (χ4v) is 7.82. The van der Waals surface area contributed by atoms with Gasteiger partial charge in [0.1, 0.15) is 23.5 Å². The van der Waals surface area contributed by atoms with E-state index >= 15 is 0 Å². The van der Waals surface area contributed by atoms with E-state index in [4.69, 9.17) is 22.1 Å². The Morgan fingerprint density at radius 3 is 2.40 bits per heavy atom. The predicted molar refractivity (Wildman–Crippen MR) is 187 cm³/mol. The number of fused-ring (bicyclic) bond motifs is 1. The highest BCUT2D eigenvalue weighted by Crippen LogP contribution is 2.42. The van der Waals surface area contributed by atoms with E-state index in [-0.39, 0.29) is 17.6 Å². The molecule has 2 aromatic heterocycles. The average Bonchev–Trinajstić information content (AvgIpc) is 3.67. The summed E-state index contributed by atoms with van der Waals surface area (Å²) in [5.74, 6) is -3.88. The summed E-state index contributed by atoms with van der Waals surface area (Å²) in [6.45, 7) is 15.3. The van der Waals surface area contributed by atoms with Crippen molar-refractivity contribution in [3.05, 3.63) is 30.6 Å². The molecule has 4 heterocycles. The fraction of sp³-hybridized carbons (Fsp3) is 0.694. The molecule has 2 amide bonds. The van der Waals surface area contributed by atoms with Gasteiger partial charge in [-0.05, 0) is 77.2 Å². The molecule has 2 saturated heterocycles. The first kappa shape index (κ1) is 39.0. The number of Topliss-reactive ketones (excluding diaryl/α,β-unsaturated/α-hetero) is 1. The summed E-state index contributed by atoms with van der Waals surface area (Å²) in [6, 6.07) is 4.41. The van der Waals surface area contributed by atoms with Crippen molar-refractivity contribution in [3.8, 4) is 11.4 Å². The van der Waals surface area contributed by atoms with Crippen molar-refractivity contribution in [1.29, 1.82) is 0 Å². The number of methoxy groups -OCH3 is 1. The van der Waals surface area contributed by atoms with Gasteiger partial charge in [-0.25, -0.2) is 4.79 Å². The van der Waals surface area contributed by atoms with Crippen molar-refractivity contribution in [2.75, 3.05) is 20.2 Å². The van der Waals surface area contributed by atoms with Crippen LogP contribution in [0.4, 0.5) is 4.79 Å². The minimum absolute atomic E-state index is 0.0987. The molecule has 0 N–H and O–H groups in total. The number of ether oxygens (including phenoxy) is 3. The third kappa shape index (κ3) is 8.05. The topological polar surface area (TPSA) is 146 Å². The summed E-state index contributed by atoms with van der Waals surface area (Å²) in [7, 11) is 8.24. The van der Waals surface area contributed by atoms with E-state index < -0.39 is 59.1 Å². The monoisotopic (exact) mass is 692 g/mol. The van der Waals surface area contributed by atoms with Crippen LogP contribution in [-0.4, -0.2) is 111 Å². The lowest BCUT2D eigenvalue weighted by atomic mass is 9.62. The molecule has 2 aromatic rings. The zero-order valence-electron chi connectivity index (χ0n) is 31.0. The Bertz CT molecular complexity index is 1510. The second-order valence-corrected chi connectivity index (χ2v) is 14.5. The normalized spacial score (nSPS) is 32.9. The van der Waals surface area contributed by atoms with Gasteiger partial charge in [0.15, 0.2) is 5.60 Å². The zero-order valence-corrected chi connectivity index (χ0v) is 31.0. The molecule has 2 radical (unpaired) electrons. The van der Waals surface area contributed by atoms with E-state index in [1.807, 2.05) is 52.1 Å². The molecule has 0 unspecified atom stereocenters. The van der Waals surface area contributed by atoms with Crippen LogP contribution < -0.4 is 0 Å². The number of hydrogen-bond acceptors (Lipinski definition) is 10. The lowest BCUT2D eigenvalue weighted by Gasteiger charge is -2.44. The third-order valence-electron chi connectivity index (χ3n) is 10.8. The van der Waals surface area contributed by atoms with E-state index in [0.29, 0.717) is 51.0 Å². The molecule has 14 heteroatoms. The Balaban J connectivity index is 1.64. The molecule has 0 aliphatic carbocycles. The number of carbonyl (C=O) groups is 4. The van der Waals surface area contributed by atoms with Crippen molar-refractivity contribution in [2.45, 2.75) is 123 Å². The molecule has 272 valence electrons. The molecule has 13 nitrogen and oxygen atoms in total. The Labute approximate surface area is 297 Å². The van der Waals surface area contributed by atoms with Crippen molar-refractivity contribution in [1.82, 2.24) is 29.8 Å². The predicted octanol–water partition coefficient (Wildman–Crippen LogP) is 4.50. The van der Waals surface area contributed by atoms with Gasteiger partial charge in [0.25, 0.3) is 0 Å². The van der Waals surface area contributed by atoms with Crippen molar-refractivity contribution in [2.24, 2.45) is 17.8 Å². The number of cyclic esters (lactones) is 1. The lowest BCUT2D eigenvalue weighted by molar-refractivity contribution is -0.171. The Morgan fingerprint density at radius 2 is 1.78 bits per heavy atom. The van der Waals surface area contributed by atoms with Gasteiger partial charge in [0, 0.05) is 45.8 Å². The number of esters is 1. The number of aromatic nitrogens is 4. The van der Waals surface area contributed by atoms with Gasteiger partial charge in [0.05, 0.1) is 37.4 Å². The fourth-order valence-electron chi connectivity index (χ4n) is 7.82. The van der Waals surface area contributed by atoms with Gasteiger partial charge in [-0.3, -0.25) is 28.9 Å². The van der Waals surface area contributed by atoms with Crippen LogP contribution in [0.15, 0.2) is 30.6 Å². The Morgan fingerprint density at radius 1 is 1.08 bits per heavy atom. The molecule has 0 saturated carbocycles. The Kier molecular flexibility index (Phi) is 12.5. The smallest absolute Gasteiger partial charge is 0.410 e. The summed E-state index contributed by atoms with van der Waals surface area (Å²) in [5.41, 5.74) is -0.848. The highest BCUT2D eigenvalue weighted by molar-refractivity contribution is 6.15. The van der Waals surface area contributed by atoms with Gasteiger partial charge in [-0.1, -0.05) is 32.1 Å². The van der Waals surface area contributed by atoms with E-state index in [9.17, 15) is 19.2 Å². The number of ketones is 1. The average molecular weight is 693 g/mol. The number of carbonyl (C=O) groups excluding carboxylic acids is 4.